The average Bonchev–Trinajstić information content (AvgIpc) is 2.94. The fourth-order valence-electron chi connectivity index (χ4n) is 2.86. The topological polar surface area (TPSA) is 9.23 Å². The van der Waals surface area contributed by atoms with Crippen LogP contribution in [0.5, 0.6) is 0 Å². The van der Waals surface area contributed by atoms with E-state index in [4.69, 9.17) is 4.74 Å². The molecule has 1 aliphatic rings. The summed E-state index contributed by atoms with van der Waals surface area (Å²) in [6.45, 7) is 2.68. The van der Waals surface area contributed by atoms with Crippen molar-refractivity contribution in [2.75, 3.05) is 6.61 Å². The summed E-state index contributed by atoms with van der Waals surface area (Å²) in [5, 5.41) is 0. The second kappa shape index (κ2) is 5.48. The third-order valence-electron chi connectivity index (χ3n) is 3.72. The van der Waals surface area contributed by atoms with Gasteiger partial charge in [-0.05, 0) is 23.6 Å². The zero-order chi connectivity index (χ0) is 13.8. The Morgan fingerprint density at radius 2 is 1.45 bits per heavy atom. The lowest BCUT2D eigenvalue weighted by Crippen LogP contribution is -2.29. The molecule has 1 nitrogen and oxygen atoms in total. The third kappa shape index (κ3) is 2.00. The van der Waals surface area contributed by atoms with Crippen LogP contribution in [-0.4, -0.2) is 6.61 Å². The van der Waals surface area contributed by atoms with Gasteiger partial charge in [0, 0.05) is 0 Å². The first-order valence-electron chi connectivity index (χ1n) is 6.96. The maximum Gasteiger partial charge on any atom is 0.143 e. The number of allylic oxidation sites excluding steroid dienone is 1. The van der Waals surface area contributed by atoms with E-state index < -0.39 is 5.60 Å². The molecule has 100 valence electrons. The first kappa shape index (κ1) is 12.9. The van der Waals surface area contributed by atoms with E-state index in [0.717, 1.165) is 0 Å². The van der Waals surface area contributed by atoms with Crippen molar-refractivity contribution >= 4 is 0 Å². The summed E-state index contributed by atoms with van der Waals surface area (Å²) in [6.07, 6.45) is 6.38. The molecule has 1 heterocycles. The number of hydrogen-bond acceptors (Lipinski definition) is 1. The van der Waals surface area contributed by atoms with Crippen molar-refractivity contribution in [2.45, 2.75) is 12.5 Å². The standard InChI is InChI=1S/C19H18O/c1-2-9-16-14-15-20-19(16,17-10-5-3-6-11-17)18-12-7-4-8-13-18/h2-14H,15H2,1H3/b9-2+. The molecule has 2 aromatic rings. The van der Waals surface area contributed by atoms with Gasteiger partial charge in [0.15, 0.2) is 0 Å². The average molecular weight is 262 g/mol. The molecule has 0 unspecified atom stereocenters. The molecule has 0 bridgehead atoms. The van der Waals surface area contributed by atoms with Gasteiger partial charge in [0.1, 0.15) is 5.60 Å². The monoisotopic (exact) mass is 262 g/mol. The van der Waals surface area contributed by atoms with E-state index in [1.54, 1.807) is 0 Å². The maximum absolute atomic E-state index is 6.23. The van der Waals surface area contributed by atoms with Crippen LogP contribution in [0.3, 0.4) is 0 Å². The van der Waals surface area contributed by atoms with Gasteiger partial charge in [0.05, 0.1) is 6.61 Å². The number of hydrogen-bond donors (Lipinski definition) is 0. The highest BCUT2D eigenvalue weighted by Gasteiger charge is 2.40. The Bertz CT molecular complexity index is 584. The molecule has 0 N–H and O–H groups in total. The van der Waals surface area contributed by atoms with Crippen LogP contribution in [0.4, 0.5) is 0 Å². The zero-order valence-corrected chi connectivity index (χ0v) is 11.6. The first-order chi connectivity index (χ1) is 9.88. The van der Waals surface area contributed by atoms with E-state index in [-0.39, 0.29) is 0 Å². The fourth-order valence-corrected chi connectivity index (χ4v) is 2.86. The Balaban J connectivity index is 2.22. The van der Waals surface area contributed by atoms with E-state index in [9.17, 15) is 0 Å². The number of ether oxygens (including phenoxy) is 1. The highest BCUT2D eigenvalue weighted by molar-refractivity contribution is 5.51. The predicted octanol–water partition coefficient (Wildman–Crippen LogP) is 4.46. The smallest absolute Gasteiger partial charge is 0.143 e. The Morgan fingerprint density at radius 1 is 0.900 bits per heavy atom. The Hall–Kier alpha value is -2.12. The lowest BCUT2D eigenvalue weighted by molar-refractivity contribution is 0.0518. The Kier molecular flexibility index (Phi) is 3.53. The molecule has 0 atom stereocenters. The Labute approximate surface area is 120 Å². The minimum Gasteiger partial charge on any atom is -0.357 e. The minimum absolute atomic E-state index is 0.477. The van der Waals surface area contributed by atoms with E-state index in [1.165, 1.54) is 16.7 Å². The molecule has 0 aliphatic carbocycles. The van der Waals surface area contributed by atoms with E-state index >= 15 is 0 Å². The zero-order valence-electron chi connectivity index (χ0n) is 11.6. The minimum atomic E-state index is -0.477. The van der Waals surface area contributed by atoms with Crippen LogP contribution in [-0.2, 0) is 10.3 Å². The van der Waals surface area contributed by atoms with Crippen LogP contribution >= 0.6 is 0 Å². The van der Waals surface area contributed by atoms with Crippen molar-refractivity contribution in [3.05, 3.63) is 95.6 Å². The van der Waals surface area contributed by atoms with Gasteiger partial charge in [-0.2, -0.15) is 0 Å². The lowest BCUT2D eigenvalue weighted by Gasteiger charge is -2.32. The molecular formula is C19H18O. The van der Waals surface area contributed by atoms with Crippen LogP contribution < -0.4 is 0 Å². The molecule has 0 aromatic heterocycles. The van der Waals surface area contributed by atoms with Crippen molar-refractivity contribution in [3.63, 3.8) is 0 Å². The second-order valence-corrected chi connectivity index (χ2v) is 4.88. The number of rotatable bonds is 3. The van der Waals surface area contributed by atoms with Gasteiger partial charge in [-0.3, -0.25) is 0 Å². The SMILES string of the molecule is C/C=C/C1=CCOC1(c1ccccc1)c1ccccc1. The molecule has 0 amide bonds. The van der Waals surface area contributed by atoms with Crippen molar-refractivity contribution in [1.29, 1.82) is 0 Å². The lowest BCUT2D eigenvalue weighted by atomic mass is 9.80. The normalized spacial score (nSPS) is 17.4. The molecule has 1 aliphatic heterocycles. The second-order valence-electron chi connectivity index (χ2n) is 4.88. The van der Waals surface area contributed by atoms with Gasteiger partial charge in [-0.1, -0.05) is 78.9 Å². The first-order valence-corrected chi connectivity index (χ1v) is 6.96. The van der Waals surface area contributed by atoms with Gasteiger partial charge < -0.3 is 4.74 Å². The predicted molar refractivity (Wildman–Crippen MR) is 82.5 cm³/mol. The summed E-state index contributed by atoms with van der Waals surface area (Å²) in [5.41, 5.74) is 3.08. The van der Waals surface area contributed by atoms with Crippen molar-refractivity contribution in [3.8, 4) is 0 Å². The largest absolute Gasteiger partial charge is 0.357 e. The Morgan fingerprint density at radius 3 is 1.95 bits per heavy atom. The summed E-state index contributed by atoms with van der Waals surface area (Å²) in [4.78, 5) is 0. The van der Waals surface area contributed by atoms with E-state index in [2.05, 4.69) is 66.8 Å². The number of benzene rings is 2. The molecule has 2 aromatic carbocycles. The molecule has 20 heavy (non-hydrogen) atoms. The van der Waals surface area contributed by atoms with Gasteiger partial charge in [-0.15, -0.1) is 0 Å². The highest BCUT2D eigenvalue weighted by Crippen LogP contribution is 2.44. The summed E-state index contributed by atoms with van der Waals surface area (Å²) >= 11 is 0. The third-order valence-corrected chi connectivity index (χ3v) is 3.72. The fraction of sp³-hybridized carbons (Fsp3) is 0.158. The molecular weight excluding hydrogens is 244 g/mol. The molecule has 3 rings (SSSR count). The van der Waals surface area contributed by atoms with Crippen molar-refractivity contribution in [2.24, 2.45) is 0 Å². The van der Waals surface area contributed by atoms with Crippen LogP contribution in [0, 0.1) is 0 Å². The molecule has 0 spiro atoms. The van der Waals surface area contributed by atoms with Crippen LogP contribution in [0.25, 0.3) is 0 Å². The summed E-state index contributed by atoms with van der Waals surface area (Å²) < 4.78 is 6.23. The molecule has 0 saturated heterocycles. The van der Waals surface area contributed by atoms with E-state index in [1.807, 2.05) is 19.1 Å². The van der Waals surface area contributed by atoms with Crippen LogP contribution in [0.1, 0.15) is 18.1 Å². The highest BCUT2D eigenvalue weighted by atomic mass is 16.5. The van der Waals surface area contributed by atoms with Crippen LogP contribution in [0.15, 0.2) is 84.5 Å². The van der Waals surface area contributed by atoms with Gasteiger partial charge in [0.25, 0.3) is 0 Å². The van der Waals surface area contributed by atoms with Crippen LogP contribution in [0.2, 0.25) is 0 Å². The van der Waals surface area contributed by atoms with Crippen molar-refractivity contribution < 1.29 is 4.74 Å². The van der Waals surface area contributed by atoms with Gasteiger partial charge in [0.2, 0.25) is 0 Å². The maximum atomic E-state index is 6.23. The molecule has 0 saturated carbocycles. The van der Waals surface area contributed by atoms with Gasteiger partial charge in [-0.25, -0.2) is 0 Å². The van der Waals surface area contributed by atoms with E-state index in [0.29, 0.717) is 6.61 Å². The summed E-state index contributed by atoms with van der Waals surface area (Å²) in [6, 6.07) is 20.9. The summed E-state index contributed by atoms with van der Waals surface area (Å²) in [7, 11) is 0. The summed E-state index contributed by atoms with van der Waals surface area (Å²) in [5.74, 6) is 0. The molecule has 1 heteroatoms. The van der Waals surface area contributed by atoms with Gasteiger partial charge >= 0.3 is 0 Å². The quantitative estimate of drug-likeness (QED) is 0.793. The van der Waals surface area contributed by atoms with Crippen molar-refractivity contribution in [1.82, 2.24) is 0 Å². The molecule has 0 radical (unpaired) electrons. The molecule has 0 fully saturated rings.